The second-order valence-electron chi connectivity index (χ2n) is 4.20. The number of hydrogen-bond donors (Lipinski definition) is 2. The zero-order valence-electron chi connectivity index (χ0n) is 10.2. The monoisotopic (exact) mass is 246 g/mol. The van der Waals surface area contributed by atoms with Gasteiger partial charge in [0.15, 0.2) is 11.6 Å². The maximum absolute atomic E-state index is 13.1. The number of nitrogens with one attached hydrogen (secondary N) is 1. The van der Waals surface area contributed by atoms with Gasteiger partial charge in [0.2, 0.25) is 0 Å². The molecule has 0 spiro atoms. The molecule has 1 aromatic heterocycles. The van der Waals surface area contributed by atoms with Crippen LogP contribution in [0.4, 0.5) is 4.39 Å². The van der Waals surface area contributed by atoms with Gasteiger partial charge in [-0.05, 0) is 36.2 Å². The van der Waals surface area contributed by atoms with Crippen molar-refractivity contribution in [2.75, 3.05) is 0 Å². The summed E-state index contributed by atoms with van der Waals surface area (Å²) in [7, 11) is 0. The van der Waals surface area contributed by atoms with Gasteiger partial charge in [-0.3, -0.25) is 4.98 Å². The number of aromatic hydroxyl groups is 1. The van der Waals surface area contributed by atoms with Crippen LogP contribution in [-0.4, -0.2) is 10.1 Å². The maximum Gasteiger partial charge on any atom is 0.165 e. The summed E-state index contributed by atoms with van der Waals surface area (Å²) < 4.78 is 13.1. The molecule has 0 bridgehead atoms. The largest absolute Gasteiger partial charge is 0.505 e. The molecule has 0 amide bonds. The maximum atomic E-state index is 13.1. The van der Waals surface area contributed by atoms with E-state index in [1.807, 2.05) is 25.3 Å². The Balaban J connectivity index is 1.88. The van der Waals surface area contributed by atoms with Crippen LogP contribution < -0.4 is 5.32 Å². The molecule has 2 rings (SSSR count). The number of pyridine rings is 1. The molecule has 1 heterocycles. The second-order valence-corrected chi connectivity index (χ2v) is 4.20. The third-order valence-corrected chi connectivity index (χ3v) is 2.64. The molecule has 0 unspecified atom stereocenters. The Labute approximate surface area is 105 Å². The molecule has 0 aliphatic carbocycles. The lowest BCUT2D eigenvalue weighted by Crippen LogP contribution is -2.13. The van der Waals surface area contributed by atoms with Gasteiger partial charge in [0.05, 0.1) is 0 Å². The van der Waals surface area contributed by atoms with Crippen molar-refractivity contribution in [2.45, 2.75) is 20.0 Å². The number of hydrogen-bond acceptors (Lipinski definition) is 3. The Morgan fingerprint density at radius 2 is 1.89 bits per heavy atom. The third-order valence-electron chi connectivity index (χ3n) is 2.64. The number of rotatable bonds is 4. The van der Waals surface area contributed by atoms with Crippen molar-refractivity contribution in [3.63, 3.8) is 0 Å². The first kappa shape index (κ1) is 12.5. The Bertz CT molecular complexity index is 526. The molecule has 0 fully saturated rings. The molecule has 1 aromatic carbocycles. The Hall–Kier alpha value is -1.94. The lowest BCUT2D eigenvalue weighted by atomic mass is 10.2. The molecule has 0 aliphatic heterocycles. The van der Waals surface area contributed by atoms with Crippen LogP contribution in [0.25, 0.3) is 0 Å². The number of nitrogens with zero attached hydrogens (tertiary/aromatic N) is 1. The molecule has 94 valence electrons. The highest BCUT2D eigenvalue weighted by Gasteiger charge is 2.01. The van der Waals surface area contributed by atoms with Crippen LogP contribution in [0.15, 0.2) is 36.5 Å². The summed E-state index contributed by atoms with van der Waals surface area (Å²) in [6.07, 6.45) is 1.82. The molecule has 2 aromatic rings. The summed E-state index contributed by atoms with van der Waals surface area (Å²) in [5, 5.41) is 12.3. The fourth-order valence-corrected chi connectivity index (χ4v) is 1.61. The molecule has 18 heavy (non-hydrogen) atoms. The Kier molecular flexibility index (Phi) is 3.89. The predicted octanol–water partition coefficient (Wildman–Crippen LogP) is 2.52. The second kappa shape index (κ2) is 5.60. The molecule has 0 radical (unpaired) electrons. The van der Waals surface area contributed by atoms with E-state index in [4.69, 9.17) is 5.11 Å². The van der Waals surface area contributed by atoms with Gasteiger partial charge in [-0.2, -0.15) is 0 Å². The first-order valence-electron chi connectivity index (χ1n) is 5.75. The summed E-state index contributed by atoms with van der Waals surface area (Å²) >= 11 is 0. The van der Waals surface area contributed by atoms with Crippen molar-refractivity contribution in [1.29, 1.82) is 0 Å². The highest BCUT2D eigenvalue weighted by atomic mass is 19.1. The van der Waals surface area contributed by atoms with Crippen molar-refractivity contribution in [2.24, 2.45) is 0 Å². The molecule has 0 aliphatic rings. The van der Waals surface area contributed by atoms with Crippen LogP contribution in [0.1, 0.15) is 16.8 Å². The van der Waals surface area contributed by atoms with E-state index in [0.717, 1.165) is 16.8 Å². The fraction of sp³-hybridized carbons (Fsp3) is 0.214. The SMILES string of the molecule is Cc1ccc(CNCc2ccc(O)c(F)c2)cn1. The topological polar surface area (TPSA) is 45.1 Å². The quantitative estimate of drug-likeness (QED) is 0.871. The molecule has 3 nitrogen and oxygen atoms in total. The van der Waals surface area contributed by atoms with Crippen LogP contribution in [0.3, 0.4) is 0 Å². The highest BCUT2D eigenvalue weighted by molar-refractivity contribution is 5.28. The molecule has 2 N–H and O–H groups in total. The van der Waals surface area contributed by atoms with Crippen LogP contribution in [-0.2, 0) is 13.1 Å². The zero-order chi connectivity index (χ0) is 13.0. The number of phenols is 1. The fourth-order valence-electron chi connectivity index (χ4n) is 1.61. The van der Waals surface area contributed by atoms with Gasteiger partial charge >= 0.3 is 0 Å². The number of phenolic OH excluding ortho intramolecular Hbond substituents is 1. The number of halogens is 1. The third kappa shape index (κ3) is 3.28. The Morgan fingerprint density at radius 3 is 2.56 bits per heavy atom. The average Bonchev–Trinajstić information content (AvgIpc) is 2.36. The molecule has 0 saturated carbocycles. The highest BCUT2D eigenvalue weighted by Crippen LogP contribution is 2.15. The number of aromatic nitrogens is 1. The van der Waals surface area contributed by atoms with Crippen molar-refractivity contribution >= 4 is 0 Å². The van der Waals surface area contributed by atoms with Gasteiger partial charge in [-0.1, -0.05) is 12.1 Å². The lowest BCUT2D eigenvalue weighted by molar-refractivity contribution is 0.431. The van der Waals surface area contributed by atoms with E-state index in [9.17, 15) is 4.39 Å². The van der Waals surface area contributed by atoms with Crippen molar-refractivity contribution in [3.05, 3.63) is 59.2 Å². The van der Waals surface area contributed by atoms with E-state index in [2.05, 4.69) is 10.3 Å². The van der Waals surface area contributed by atoms with Gasteiger partial charge < -0.3 is 10.4 Å². The van der Waals surface area contributed by atoms with Crippen LogP contribution in [0.5, 0.6) is 5.75 Å². The van der Waals surface area contributed by atoms with E-state index in [0.29, 0.717) is 13.1 Å². The van der Waals surface area contributed by atoms with Crippen molar-refractivity contribution < 1.29 is 9.50 Å². The summed E-state index contributed by atoms with van der Waals surface area (Å²) in [5.74, 6) is -0.909. The first-order chi connectivity index (χ1) is 8.65. The van der Waals surface area contributed by atoms with Crippen LogP contribution >= 0.6 is 0 Å². The van der Waals surface area contributed by atoms with Crippen LogP contribution in [0.2, 0.25) is 0 Å². The smallest absolute Gasteiger partial charge is 0.165 e. The minimum absolute atomic E-state index is 0.318. The predicted molar refractivity (Wildman–Crippen MR) is 67.6 cm³/mol. The number of aryl methyl sites for hydroxylation is 1. The number of benzene rings is 1. The van der Waals surface area contributed by atoms with Gasteiger partial charge in [-0.15, -0.1) is 0 Å². The summed E-state index contributed by atoms with van der Waals surface area (Å²) in [6.45, 7) is 3.16. The molecule has 4 heteroatoms. The van der Waals surface area contributed by atoms with Crippen molar-refractivity contribution in [1.82, 2.24) is 10.3 Å². The van der Waals surface area contributed by atoms with E-state index in [-0.39, 0.29) is 5.75 Å². The van der Waals surface area contributed by atoms with E-state index < -0.39 is 5.82 Å². The summed E-state index contributed by atoms with van der Waals surface area (Å²) in [4.78, 5) is 4.20. The van der Waals surface area contributed by atoms with Gasteiger partial charge in [0, 0.05) is 25.0 Å². The molecular weight excluding hydrogens is 231 g/mol. The molecule has 0 atom stereocenters. The van der Waals surface area contributed by atoms with Gasteiger partial charge in [-0.25, -0.2) is 4.39 Å². The van der Waals surface area contributed by atoms with Gasteiger partial charge in [0.25, 0.3) is 0 Å². The van der Waals surface area contributed by atoms with E-state index in [1.54, 1.807) is 6.07 Å². The summed E-state index contributed by atoms with van der Waals surface area (Å²) in [5.41, 5.74) is 2.87. The van der Waals surface area contributed by atoms with Crippen molar-refractivity contribution in [3.8, 4) is 5.75 Å². The Morgan fingerprint density at radius 1 is 1.17 bits per heavy atom. The minimum atomic E-state index is -0.591. The summed E-state index contributed by atoms with van der Waals surface area (Å²) in [6, 6.07) is 8.35. The molecule has 0 saturated heterocycles. The van der Waals surface area contributed by atoms with E-state index >= 15 is 0 Å². The standard InChI is InChI=1S/C14H15FN2O/c1-10-2-3-12(9-17-10)8-16-7-11-4-5-14(18)13(15)6-11/h2-6,9,16,18H,7-8H2,1H3. The minimum Gasteiger partial charge on any atom is -0.505 e. The van der Waals surface area contributed by atoms with Crippen LogP contribution in [0, 0.1) is 12.7 Å². The first-order valence-corrected chi connectivity index (χ1v) is 5.75. The molecular formula is C14H15FN2O. The normalized spacial score (nSPS) is 10.6. The lowest BCUT2D eigenvalue weighted by Gasteiger charge is -2.06. The zero-order valence-corrected chi connectivity index (χ0v) is 10.2. The average molecular weight is 246 g/mol. The van der Waals surface area contributed by atoms with Gasteiger partial charge in [0.1, 0.15) is 0 Å². The van der Waals surface area contributed by atoms with E-state index in [1.165, 1.54) is 12.1 Å².